The monoisotopic (exact) mass is 227 g/mol. The van der Waals surface area contributed by atoms with Crippen LogP contribution in [0.5, 0.6) is 0 Å². The molecule has 0 heterocycles. The molecule has 0 radical (unpaired) electrons. The van der Waals surface area contributed by atoms with Gasteiger partial charge in [-0.25, -0.2) is 8.98 Å². The fourth-order valence-corrected chi connectivity index (χ4v) is 0.575. The van der Waals surface area contributed by atoms with Gasteiger partial charge >= 0.3 is 16.4 Å². The number of carboxylic acids is 1. The van der Waals surface area contributed by atoms with Crippen molar-refractivity contribution in [1.29, 1.82) is 0 Å². The zero-order valence-electron chi connectivity index (χ0n) is 7.80. The van der Waals surface area contributed by atoms with Crippen molar-refractivity contribution in [3.8, 4) is 0 Å². The summed E-state index contributed by atoms with van der Waals surface area (Å²) in [4.78, 5) is 9.60. The van der Waals surface area contributed by atoms with Crippen molar-refractivity contribution in [3.05, 3.63) is 12.2 Å². The largest absolute Gasteiger partial charge is 0.478 e. The molecule has 8 heteroatoms. The van der Waals surface area contributed by atoms with E-state index < -0.39 is 22.6 Å². The van der Waals surface area contributed by atoms with Gasteiger partial charge in [0.1, 0.15) is 6.23 Å². The summed E-state index contributed by atoms with van der Waals surface area (Å²) in [7, 11) is -4.35. The maximum absolute atomic E-state index is 9.70. The Bertz CT molecular complexity index is 281. The number of hydrogen-bond donors (Lipinski definition) is 3. The van der Waals surface area contributed by atoms with Crippen molar-refractivity contribution < 1.29 is 27.1 Å². The standard InChI is InChI=1S/C4H6O2.C2H7NO4S/c1-3(2)4(5)6;1-2(3)7-8(4,5)6/h1H2,2H3,(H,5,6);2H,3H2,1H3,(H,4,5,6). The highest BCUT2D eigenvalue weighted by Gasteiger charge is 2.05. The van der Waals surface area contributed by atoms with E-state index in [0.717, 1.165) is 0 Å². The van der Waals surface area contributed by atoms with E-state index in [4.69, 9.17) is 15.4 Å². The molecule has 1 unspecified atom stereocenters. The van der Waals surface area contributed by atoms with Crippen molar-refractivity contribution in [2.75, 3.05) is 0 Å². The molecule has 0 rings (SSSR count). The maximum atomic E-state index is 9.70. The molecule has 0 aliphatic carbocycles. The van der Waals surface area contributed by atoms with Crippen molar-refractivity contribution in [3.63, 3.8) is 0 Å². The van der Waals surface area contributed by atoms with Crippen molar-refractivity contribution >= 4 is 16.4 Å². The van der Waals surface area contributed by atoms with Crippen molar-refractivity contribution in [1.82, 2.24) is 0 Å². The Morgan fingerprint density at radius 1 is 1.57 bits per heavy atom. The van der Waals surface area contributed by atoms with Crippen LogP contribution < -0.4 is 5.73 Å². The van der Waals surface area contributed by atoms with Crippen LogP contribution in [0.2, 0.25) is 0 Å². The van der Waals surface area contributed by atoms with Crippen LogP contribution in [0.25, 0.3) is 0 Å². The van der Waals surface area contributed by atoms with Crippen LogP contribution >= 0.6 is 0 Å². The Labute approximate surface area is 82.1 Å². The van der Waals surface area contributed by atoms with E-state index in [9.17, 15) is 13.2 Å². The molecule has 0 fully saturated rings. The van der Waals surface area contributed by atoms with Gasteiger partial charge in [-0.15, -0.1) is 0 Å². The average Bonchev–Trinajstić information content (AvgIpc) is 1.81. The highest BCUT2D eigenvalue weighted by atomic mass is 32.3. The van der Waals surface area contributed by atoms with Crippen LogP contribution in [0.4, 0.5) is 0 Å². The normalized spacial score (nSPS) is 12.3. The summed E-state index contributed by atoms with van der Waals surface area (Å²) in [6, 6.07) is 0. The Morgan fingerprint density at radius 2 is 1.86 bits per heavy atom. The minimum absolute atomic E-state index is 0.176. The van der Waals surface area contributed by atoms with Gasteiger partial charge < -0.3 is 10.8 Å². The average molecular weight is 227 g/mol. The molecule has 0 aromatic carbocycles. The molecule has 1 atom stereocenters. The first-order chi connectivity index (χ1) is 6.06. The lowest BCUT2D eigenvalue weighted by Crippen LogP contribution is -2.22. The molecule has 0 spiro atoms. The van der Waals surface area contributed by atoms with E-state index in [-0.39, 0.29) is 5.57 Å². The van der Waals surface area contributed by atoms with Crippen molar-refractivity contribution in [2.24, 2.45) is 5.73 Å². The first-order valence-corrected chi connectivity index (χ1v) is 4.73. The maximum Gasteiger partial charge on any atom is 0.398 e. The van der Waals surface area contributed by atoms with Crippen LogP contribution in [0.1, 0.15) is 13.8 Å². The molecule has 4 N–H and O–H groups in total. The summed E-state index contributed by atoms with van der Waals surface area (Å²) in [5.41, 5.74) is 4.99. The summed E-state index contributed by atoms with van der Waals surface area (Å²) < 4.78 is 31.0. The molecule has 7 nitrogen and oxygen atoms in total. The molecule has 0 aromatic rings. The molecule has 0 saturated heterocycles. The lowest BCUT2D eigenvalue weighted by molar-refractivity contribution is -0.132. The second-order valence-electron chi connectivity index (χ2n) is 2.31. The molecule has 84 valence electrons. The third-order valence-electron chi connectivity index (χ3n) is 0.638. The molecular weight excluding hydrogens is 214 g/mol. The Morgan fingerprint density at radius 3 is 1.86 bits per heavy atom. The fourth-order valence-electron chi connectivity index (χ4n) is 0.192. The molecular formula is C6H13NO6S. The third kappa shape index (κ3) is 17.2. The Balaban J connectivity index is 0. The number of nitrogens with two attached hydrogens (primary N) is 1. The SMILES string of the molecule is C=C(C)C(=O)O.CC(N)OS(=O)(=O)O. The molecule has 0 amide bonds. The first-order valence-electron chi connectivity index (χ1n) is 3.36. The minimum atomic E-state index is -4.35. The minimum Gasteiger partial charge on any atom is -0.478 e. The predicted molar refractivity (Wildman–Crippen MR) is 48.7 cm³/mol. The van der Waals surface area contributed by atoms with Gasteiger partial charge in [0.05, 0.1) is 0 Å². The molecule has 0 bridgehead atoms. The third-order valence-corrected chi connectivity index (χ3v) is 1.19. The quantitative estimate of drug-likeness (QED) is 0.345. The summed E-state index contributed by atoms with van der Waals surface area (Å²) >= 11 is 0. The van der Waals surface area contributed by atoms with Gasteiger partial charge in [-0.05, 0) is 13.8 Å². The molecule has 0 aliphatic rings. The van der Waals surface area contributed by atoms with E-state index >= 15 is 0 Å². The number of aliphatic carboxylic acids is 1. The van der Waals surface area contributed by atoms with Gasteiger partial charge in [0.2, 0.25) is 0 Å². The van der Waals surface area contributed by atoms with E-state index in [1.165, 1.54) is 13.8 Å². The van der Waals surface area contributed by atoms with Crippen LogP contribution in [-0.4, -0.2) is 30.3 Å². The molecule has 0 aliphatic heterocycles. The zero-order valence-corrected chi connectivity index (χ0v) is 8.61. The van der Waals surface area contributed by atoms with Gasteiger partial charge in [-0.2, -0.15) is 8.42 Å². The summed E-state index contributed by atoms with van der Waals surface area (Å²) in [5.74, 6) is -0.935. The van der Waals surface area contributed by atoms with Crippen LogP contribution in [0.15, 0.2) is 12.2 Å². The fraction of sp³-hybridized carbons (Fsp3) is 0.500. The smallest absolute Gasteiger partial charge is 0.398 e. The molecule has 0 aromatic heterocycles. The Hall–Kier alpha value is -0.960. The highest BCUT2D eigenvalue weighted by Crippen LogP contribution is 1.87. The molecule has 0 saturated carbocycles. The topological polar surface area (TPSA) is 127 Å². The van der Waals surface area contributed by atoms with Gasteiger partial charge in [-0.3, -0.25) is 4.55 Å². The van der Waals surface area contributed by atoms with E-state index in [1.807, 2.05) is 0 Å². The van der Waals surface area contributed by atoms with Crippen LogP contribution in [-0.2, 0) is 19.4 Å². The molecule has 14 heavy (non-hydrogen) atoms. The number of hydrogen-bond acceptors (Lipinski definition) is 5. The van der Waals surface area contributed by atoms with Crippen molar-refractivity contribution in [2.45, 2.75) is 20.1 Å². The number of rotatable bonds is 3. The van der Waals surface area contributed by atoms with E-state index in [1.54, 1.807) is 0 Å². The predicted octanol–water partition coefficient (Wildman–Crippen LogP) is -0.242. The van der Waals surface area contributed by atoms with Gasteiger partial charge in [-0.1, -0.05) is 6.58 Å². The number of carbonyl (C=O) groups is 1. The second kappa shape index (κ2) is 6.49. The lowest BCUT2D eigenvalue weighted by Gasteiger charge is -1.99. The van der Waals surface area contributed by atoms with Crippen LogP contribution in [0.3, 0.4) is 0 Å². The van der Waals surface area contributed by atoms with E-state index in [2.05, 4.69) is 10.8 Å². The summed E-state index contributed by atoms with van der Waals surface area (Å²) in [5, 5.41) is 7.89. The van der Waals surface area contributed by atoms with E-state index in [0.29, 0.717) is 0 Å². The van der Waals surface area contributed by atoms with Gasteiger partial charge in [0.25, 0.3) is 0 Å². The lowest BCUT2D eigenvalue weighted by atomic mass is 10.4. The summed E-state index contributed by atoms with van der Waals surface area (Å²) in [6.07, 6.45) is -0.995. The number of carboxylic acid groups (broad SMARTS) is 1. The highest BCUT2D eigenvalue weighted by molar-refractivity contribution is 7.80. The Kier molecular flexibility index (Phi) is 7.19. The van der Waals surface area contributed by atoms with Crippen LogP contribution in [0, 0.1) is 0 Å². The first kappa shape index (κ1) is 15.5. The zero-order chi connectivity index (χ0) is 11.9. The van der Waals surface area contributed by atoms with Gasteiger partial charge in [0.15, 0.2) is 0 Å². The second-order valence-corrected chi connectivity index (χ2v) is 3.36. The summed E-state index contributed by atoms with van der Waals surface area (Å²) in [6.45, 7) is 5.89. The van der Waals surface area contributed by atoms with Gasteiger partial charge in [0, 0.05) is 5.57 Å².